The Morgan fingerprint density at radius 2 is 2.06 bits per heavy atom. The van der Waals surface area contributed by atoms with Crippen molar-refractivity contribution in [1.82, 2.24) is 4.57 Å². The molecule has 0 spiro atoms. The molecule has 0 amide bonds. The number of aryl methyl sites for hydroxylation is 1. The number of ketones is 1. The summed E-state index contributed by atoms with van der Waals surface area (Å²) < 4.78 is 2.10. The summed E-state index contributed by atoms with van der Waals surface area (Å²) in [6, 6.07) is 8.26. The lowest BCUT2D eigenvalue weighted by atomic mass is 10.2. The van der Waals surface area contributed by atoms with Crippen molar-refractivity contribution in [2.75, 3.05) is 0 Å². The number of aromatic nitrogens is 1. The van der Waals surface area contributed by atoms with Gasteiger partial charge in [0, 0.05) is 29.0 Å². The molecule has 0 fully saturated rings. The number of thioether (sulfide) groups is 1. The molecule has 2 nitrogen and oxygen atoms in total. The Bertz CT molecular complexity index is 530. The fourth-order valence-electron chi connectivity index (χ4n) is 1.67. The number of fused-ring (bicyclic) bond motifs is 1. The molecule has 0 aliphatic heterocycles. The standard InChI is InChI=1S/C13H15NOS/c1-9(15)10(2)16-13-8-14(3)12-7-5-4-6-11(12)13/h4-8,10H,1-3H3. The Kier molecular flexibility index (Phi) is 3.06. The average Bonchev–Trinajstić information content (AvgIpc) is 2.57. The molecule has 0 N–H and O–H groups in total. The van der Waals surface area contributed by atoms with E-state index in [-0.39, 0.29) is 11.0 Å². The van der Waals surface area contributed by atoms with E-state index in [2.05, 4.69) is 22.9 Å². The number of nitrogens with zero attached hydrogens (tertiary/aromatic N) is 1. The van der Waals surface area contributed by atoms with Gasteiger partial charge >= 0.3 is 0 Å². The first-order valence-corrected chi connectivity index (χ1v) is 6.18. The van der Waals surface area contributed by atoms with Crippen LogP contribution in [0, 0.1) is 0 Å². The van der Waals surface area contributed by atoms with Crippen molar-refractivity contribution in [3.05, 3.63) is 30.5 Å². The Labute approximate surface area is 99.6 Å². The van der Waals surface area contributed by atoms with Gasteiger partial charge in [-0.05, 0) is 19.9 Å². The number of para-hydroxylation sites is 1. The van der Waals surface area contributed by atoms with Crippen molar-refractivity contribution in [2.24, 2.45) is 7.05 Å². The quantitative estimate of drug-likeness (QED) is 0.759. The van der Waals surface area contributed by atoms with Crippen LogP contribution in [0.15, 0.2) is 35.4 Å². The highest BCUT2D eigenvalue weighted by molar-refractivity contribution is 8.00. The molecule has 84 valence electrons. The van der Waals surface area contributed by atoms with E-state index in [1.165, 1.54) is 15.8 Å². The third kappa shape index (κ3) is 2.00. The van der Waals surface area contributed by atoms with Gasteiger partial charge in [-0.1, -0.05) is 18.2 Å². The second-order valence-corrected chi connectivity index (χ2v) is 5.37. The molecule has 3 heteroatoms. The van der Waals surface area contributed by atoms with E-state index >= 15 is 0 Å². The van der Waals surface area contributed by atoms with Crippen molar-refractivity contribution in [3.8, 4) is 0 Å². The molecule has 1 unspecified atom stereocenters. The van der Waals surface area contributed by atoms with E-state index in [0.29, 0.717) is 0 Å². The van der Waals surface area contributed by atoms with E-state index in [1.54, 1.807) is 18.7 Å². The highest BCUT2D eigenvalue weighted by Gasteiger charge is 2.13. The predicted octanol–water partition coefficient (Wildman–Crippen LogP) is 3.25. The summed E-state index contributed by atoms with van der Waals surface area (Å²) in [6.07, 6.45) is 2.09. The third-order valence-corrected chi connectivity index (χ3v) is 4.00. The molecule has 2 rings (SSSR count). The zero-order chi connectivity index (χ0) is 11.7. The monoisotopic (exact) mass is 233 g/mol. The highest BCUT2D eigenvalue weighted by atomic mass is 32.2. The minimum Gasteiger partial charge on any atom is -0.349 e. The van der Waals surface area contributed by atoms with E-state index in [9.17, 15) is 4.79 Å². The van der Waals surface area contributed by atoms with Gasteiger partial charge in [-0.25, -0.2) is 0 Å². The molecular formula is C13H15NOS. The molecule has 1 aromatic carbocycles. The van der Waals surface area contributed by atoms with Crippen molar-refractivity contribution >= 4 is 28.4 Å². The predicted molar refractivity (Wildman–Crippen MR) is 68.9 cm³/mol. The van der Waals surface area contributed by atoms with Crippen molar-refractivity contribution in [1.29, 1.82) is 0 Å². The number of Topliss-reactive ketones (excluding diaryl/α,β-unsaturated/α-hetero) is 1. The SMILES string of the molecule is CC(=O)C(C)Sc1cn(C)c2ccccc12. The molecular weight excluding hydrogens is 218 g/mol. The lowest BCUT2D eigenvalue weighted by Crippen LogP contribution is -2.07. The third-order valence-electron chi connectivity index (χ3n) is 2.74. The molecule has 0 saturated heterocycles. The normalized spacial score (nSPS) is 12.9. The fourth-order valence-corrected chi connectivity index (χ4v) is 2.74. The Balaban J connectivity index is 2.42. The molecule has 0 radical (unpaired) electrons. The van der Waals surface area contributed by atoms with Crippen LogP contribution in [0.2, 0.25) is 0 Å². The van der Waals surface area contributed by atoms with E-state index in [0.717, 1.165) is 0 Å². The molecule has 0 aliphatic rings. The van der Waals surface area contributed by atoms with Crippen LogP contribution in [-0.4, -0.2) is 15.6 Å². The van der Waals surface area contributed by atoms with Gasteiger partial charge in [0.2, 0.25) is 0 Å². The van der Waals surface area contributed by atoms with Crippen LogP contribution in [0.25, 0.3) is 10.9 Å². The van der Waals surface area contributed by atoms with Crippen LogP contribution in [0.4, 0.5) is 0 Å². The molecule has 16 heavy (non-hydrogen) atoms. The second-order valence-electron chi connectivity index (χ2n) is 3.99. The van der Waals surface area contributed by atoms with Crippen LogP contribution in [0.1, 0.15) is 13.8 Å². The van der Waals surface area contributed by atoms with Gasteiger partial charge < -0.3 is 4.57 Å². The maximum Gasteiger partial charge on any atom is 0.142 e. The summed E-state index contributed by atoms with van der Waals surface area (Å²) in [5, 5.41) is 1.24. The first kappa shape index (κ1) is 11.3. The van der Waals surface area contributed by atoms with Crippen molar-refractivity contribution < 1.29 is 4.79 Å². The fraction of sp³-hybridized carbons (Fsp3) is 0.308. The summed E-state index contributed by atoms with van der Waals surface area (Å²) in [6.45, 7) is 3.59. The Morgan fingerprint density at radius 1 is 1.38 bits per heavy atom. The summed E-state index contributed by atoms with van der Waals surface area (Å²) in [5.41, 5.74) is 1.21. The Hall–Kier alpha value is -1.22. The second kappa shape index (κ2) is 4.34. The zero-order valence-electron chi connectivity index (χ0n) is 9.73. The van der Waals surface area contributed by atoms with Gasteiger partial charge in [0.05, 0.1) is 5.25 Å². The lowest BCUT2D eigenvalue weighted by molar-refractivity contribution is -0.116. The Morgan fingerprint density at radius 3 is 2.75 bits per heavy atom. The maximum atomic E-state index is 11.3. The summed E-state index contributed by atoms with van der Waals surface area (Å²) in [5.74, 6) is 0.220. The first-order chi connectivity index (χ1) is 7.59. The van der Waals surface area contributed by atoms with E-state index < -0.39 is 0 Å². The molecule has 1 aromatic heterocycles. The van der Waals surface area contributed by atoms with Crippen molar-refractivity contribution in [3.63, 3.8) is 0 Å². The van der Waals surface area contributed by atoms with Crippen molar-refractivity contribution in [2.45, 2.75) is 24.0 Å². The molecule has 1 heterocycles. The average molecular weight is 233 g/mol. The maximum absolute atomic E-state index is 11.3. The number of rotatable bonds is 3. The van der Waals surface area contributed by atoms with Gasteiger partial charge in [0.15, 0.2) is 0 Å². The van der Waals surface area contributed by atoms with Crippen LogP contribution in [0.5, 0.6) is 0 Å². The largest absolute Gasteiger partial charge is 0.349 e. The zero-order valence-corrected chi connectivity index (χ0v) is 10.5. The summed E-state index contributed by atoms with van der Waals surface area (Å²) >= 11 is 1.63. The van der Waals surface area contributed by atoms with Crippen LogP contribution < -0.4 is 0 Å². The van der Waals surface area contributed by atoms with Gasteiger partial charge in [-0.3, -0.25) is 4.79 Å². The highest BCUT2D eigenvalue weighted by Crippen LogP contribution is 2.32. The van der Waals surface area contributed by atoms with Gasteiger partial charge in [0.1, 0.15) is 5.78 Å². The number of hydrogen-bond acceptors (Lipinski definition) is 2. The molecule has 1 atom stereocenters. The number of carbonyl (C=O) groups excluding carboxylic acids is 1. The van der Waals surface area contributed by atoms with E-state index in [1.807, 2.05) is 26.1 Å². The molecule has 0 saturated carbocycles. The first-order valence-electron chi connectivity index (χ1n) is 5.31. The lowest BCUT2D eigenvalue weighted by Gasteiger charge is -2.05. The smallest absolute Gasteiger partial charge is 0.142 e. The number of hydrogen-bond donors (Lipinski definition) is 0. The topological polar surface area (TPSA) is 22.0 Å². The van der Waals surface area contributed by atoms with Crippen LogP contribution in [0.3, 0.4) is 0 Å². The number of carbonyl (C=O) groups is 1. The van der Waals surface area contributed by atoms with Crippen LogP contribution >= 0.6 is 11.8 Å². The molecule has 2 aromatic rings. The van der Waals surface area contributed by atoms with Crippen LogP contribution in [-0.2, 0) is 11.8 Å². The minimum atomic E-state index is 0.0193. The van der Waals surface area contributed by atoms with Gasteiger partial charge in [0.25, 0.3) is 0 Å². The molecule has 0 aliphatic carbocycles. The number of benzene rings is 1. The van der Waals surface area contributed by atoms with E-state index in [4.69, 9.17) is 0 Å². The summed E-state index contributed by atoms with van der Waals surface area (Å²) in [7, 11) is 2.03. The minimum absolute atomic E-state index is 0.0193. The van der Waals surface area contributed by atoms with Gasteiger partial charge in [-0.2, -0.15) is 0 Å². The van der Waals surface area contributed by atoms with Gasteiger partial charge in [-0.15, -0.1) is 11.8 Å². The molecule has 0 bridgehead atoms. The summed E-state index contributed by atoms with van der Waals surface area (Å²) in [4.78, 5) is 12.4.